The average molecular weight is 308 g/mol. The number of methoxy groups -OCH3 is 1. The molecule has 0 radical (unpaired) electrons. The van der Waals surface area contributed by atoms with E-state index in [-0.39, 0.29) is 30.3 Å². The molecule has 0 bridgehead atoms. The van der Waals surface area contributed by atoms with Crippen molar-refractivity contribution in [1.29, 1.82) is 0 Å². The summed E-state index contributed by atoms with van der Waals surface area (Å²) in [4.78, 5) is 17.4. The summed E-state index contributed by atoms with van der Waals surface area (Å²) in [5.74, 6) is 0.238. The van der Waals surface area contributed by atoms with Gasteiger partial charge in [0.1, 0.15) is 6.17 Å². The van der Waals surface area contributed by atoms with Gasteiger partial charge in [-0.1, -0.05) is 6.92 Å². The monoisotopic (exact) mass is 308 g/mol. The maximum Gasteiger partial charge on any atom is 0.241 e. The van der Waals surface area contributed by atoms with Crippen molar-refractivity contribution >= 4 is 17.2 Å². The minimum atomic E-state index is -0.0597. The van der Waals surface area contributed by atoms with Crippen LogP contribution in [0.25, 0.3) is 0 Å². The summed E-state index contributed by atoms with van der Waals surface area (Å²) in [6.07, 6.45) is 4.26. The molecule has 1 amide bonds. The van der Waals surface area contributed by atoms with Crippen molar-refractivity contribution in [3.05, 3.63) is 21.9 Å². The third-order valence-corrected chi connectivity index (χ3v) is 5.76. The molecule has 1 aromatic heterocycles. The van der Waals surface area contributed by atoms with Crippen LogP contribution in [-0.4, -0.2) is 36.1 Å². The first-order valence-electron chi connectivity index (χ1n) is 7.83. The van der Waals surface area contributed by atoms with Crippen molar-refractivity contribution in [3.8, 4) is 0 Å². The van der Waals surface area contributed by atoms with Crippen molar-refractivity contribution in [2.24, 2.45) is 0 Å². The number of thiophene rings is 1. The lowest BCUT2D eigenvalue weighted by Crippen LogP contribution is -2.44. The quantitative estimate of drug-likeness (QED) is 0.930. The Bertz CT molecular complexity index is 516. The number of carbonyl (C=O) groups excluding carboxylic acids is 1. The van der Waals surface area contributed by atoms with Crippen molar-refractivity contribution in [2.75, 3.05) is 7.11 Å². The maximum absolute atomic E-state index is 12.8. The van der Waals surface area contributed by atoms with E-state index in [1.165, 1.54) is 9.75 Å². The van der Waals surface area contributed by atoms with Crippen LogP contribution in [0.2, 0.25) is 0 Å². The van der Waals surface area contributed by atoms with Gasteiger partial charge < -0.3 is 9.64 Å². The fourth-order valence-electron chi connectivity index (χ4n) is 3.62. The molecule has 1 N–H and O–H groups in total. The summed E-state index contributed by atoms with van der Waals surface area (Å²) >= 11 is 1.77. The first kappa shape index (κ1) is 15.0. The zero-order valence-electron chi connectivity index (χ0n) is 13.0. The predicted octanol–water partition coefficient (Wildman–Crippen LogP) is 2.83. The van der Waals surface area contributed by atoms with Crippen LogP contribution in [-0.2, 0) is 9.53 Å². The van der Waals surface area contributed by atoms with E-state index < -0.39 is 0 Å². The standard InChI is InChI=1S/C16H24N2O2S/c1-4-11-16(19)18(12-6-5-7-13(12)20-3)15(17-11)14-9-8-10(2)21-14/h8-9,11-13,15,17H,4-7H2,1-3H3. The van der Waals surface area contributed by atoms with Crippen LogP contribution < -0.4 is 5.32 Å². The Kier molecular flexibility index (Phi) is 4.33. The molecular formula is C16H24N2O2S. The highest BCUT2D eigenvalue weighted by Crippen LogP contribution is 2.37. The first-order chi connectivity index (χ1) is 10.2. The summed E-state index contributed by atoms with van der Waals surface area (Å²) in [6, 6.07) is 4.42. The van der Waals surface area contributed by atoms with E-state index in [0.29, 0.717) is 0 Å². The molecule has 2 fully saturated rings. The second kappa shape index (κ2) is 6.07. The van der Waals surface area contributed by atoms with Gasteiger partial charge in [0.2, 0.25) is 5.91 Å². The summed E-state index contributed by atoms with van der Waals surface area (Å²) < 4.78 is 5.62. The van der Waals surface area contributed by atoms with Gasteiger partial charge in [-0.2, -0.15) is 0 Å². The Morgan fingerprint density at radius 1 is 1.43 bits per heavy atom. The minimum Gasteiger partial charge on any atom is -0.379 e. The molecule has 4 unspecified atom stereocenters. The van der Waals surface area contributed by atoms with Crippen LogP contribution in [0.3, 0.4) is 0 Å². The molecule has 21 heavy (non-hydrogen) atoms. The summed E-state index contributed by atoms with van der Waals surface area (Å²) in [5, 5.41) is 3.52. The number of nitrogens with one attached hydrogen (secondary N) is 1. The normalized spacial score (nSPS) is 33.1. The summed E-state index contributed by atoms with van der Waals surface area (Å²) in [6.45, 7) is 4.18. The third-order valence-electron chi connectivity index (χ3n) is 4.71. The topological polar surface area (TPSA) is 41.6 Å². The van der Waals surface area contributed by atoms with Crippen LogP contribution in [0.5, 0.6) is 0 Å². The van der Waals surface area contributed by atoms with Gasteiger partial charge in [-0.15, -0.1) is 11.3 Å². The minimum absolute atomic E-state index is 0.0156. The van der Waals surface area contributed by atoms with E-state index in [9.17, 15) is 4.79 Å². The number of aryl methyl sites for hydroxylation is 1. The molecule has 0 aromatic carbocycles. The fourth-order valence-corrected chi connectivity index (χ4v) is 4.55. The summed E-state index contributed by atoms with van der Waals surface area (Å²) in [7, 11) is 1.76. The van der Waals surface area contributed by atoms with Crippen LogP contribution in [0, 0.1) is 6.92 Å². The molecular weight excluding hydrogens is 284 g/mol. The van der Waals surface area contributed by atoms with Gasteiger partial charge in [0.25, 0.3) is 0 Å². The van der Waals surface area contributed by atoms with E-state index in [1.807, 2.05) is 0 Å². The highest BCUT2D eigenvalue weighted by molar-refractivity contribution is 7.12. The largest absolute Gasteiger partial charge is 0.379 e. The molecule has 3 rings (SSSR count). The molecule has 4 atom stereocenters. The van der Waals surface area contributed by atoms with E-state index in [0.717, 1.165) is 25.7 Å². The fraction of sp³-hybridized carbons (Fsp3) is 0.688. The van der Waals surface area contributed by atoms with Gasteiger partial charge in [0.15, 0.2) is 0 Å². The van der Waals surface area contributed by atoms with Crippen molar-refractivity contribution in [3.63, 3.8) is 0 Å². The number of carbonyl (C=O) groups is 1. The van der Waals surface area contributed by atoms with Gasteiger partial charge in [0.05, 0.1) is 18.2 Å². The molecule has 1 aliphatic heterocycles. The zero-order chi connectivity index (χ0) is 15.0. The average Bonchev–Trinajstić information content (AvgIpc) is 3.16. The van der Waals surface area contributed by atoms with Crippen molar-refractivity contribution in [1.82, 2.24) is 10.2 Å². The number of amides is 1. The molecule has 1 aromatic rings. The number of hydrogen-bond donors (Lipinski definition) is 1. The molecule has 4 nitrogen and oxygen atoms in total. The molecule has 1 aliphatic carbocycles. The SMILES string of the molecule is CCC1NC(c2ccc(C)s2)N(C2CCCC2OC)C1=O. The van der Waals surface area contributed by atoms with Crippen LogP contribution >= 0.6 is 11.3 Å². The molecule has 1 saturated heterocycles. The van der Waals surface area contributed by atoms with Crippen LogP contribution in [0.1, 0.15) is 48.5 Å². The van der Waals surface area contributed by atoms with Crippen LogP contribution in [0.15, 0.2) is 12.1 Å². The molecule has 1 saturated carbocycles. The molecule has 2 aliphatic rings. The number of ether oxygens (including phenoxy) is 1. The van der Waals surface area contributed by atoms with Crippen molar-refractivity contribution < 1.29 is 9.53 Å². The first-order valence-corrected chi connectivity index (χ1v) is 8.64. The predicted molar refractivity (Wildman–Crippen MR) is 84.3 cm³/mol. The lowest BCUT2D eigenvalue weighted by Gasteiger charge is -2.33. The number of hydrogen-bond acceptors (Lipinski definition) is 4. The van der Waals surface area contributed by atoms with Crippen molar-refractivity contribution in [2.45, 2.75) is 63.9 Å². The highest BCUT2D eigenvalue weighted by Gasteiger charge is 2.46. The van der Waals surface area contributed by atoms with E-state index in [1.54, 1.807) is 18.4 Å². The van der Waals surface area contributed by atoms with E-state index in [4.69, 9.17) is 4.74 Å². The number of rotatable bonds is 4. The summed E-state index contributed by atoms with van der Waals surface area (Å²) in [5.41, 5.74) is 0. The lowest BCUT2D eigenvalue weighted by atomic mass is 10.1. The second-order valence-electron chi connectivity index (χ2n) is 6.00. The van der Waals surface area contributed by atoms with Gasteiger partial charge >= 0.3 is 0 Å². The molecule has 116 valence electrons. The molecule has 0 spiro atoms. The Hall–Kier alpha value is -0.910. The van der Waals surface area contributed by atoms with E-state index >= 15 is 0 Å². The van der Waals surface area contributed by atoms with E-state index in [2.05, 4.69) is 36.2 Å². The smallest absolute Gasteiger partial charge is 0.241 e. The van der Waals surface area contributed by atoms with Gasteiger partial charge in [-0.3, -0.25) is 10.1 Å². The molecule has 5 heteroatoms. The zero-order valence-corrected chi connectivity index (χ0v) is 13.8. The Morgan fingerprint density at radius 3 is 2.86 bits per heavy atom. The Labute approximate surface area is 130 Å². The maximum atomic E-state index is 12.8. The molecule has 2 heterocycles. The van der Waals surface area contributed by atoms with Gasteiger partial charge in [-0.05, 0) is 44.7 Å². The Balaban J connectivity index is 1.91. The Morgan fingerprint density at radius 2 is 2.24 bits per heavy atom. The third kappa shape index (κ3) is 2.62. The lowest BCUT2D eigenvalue weighted by molar-refractivity contribution is -0.134. The van der Waals surface area contributed by atoms with Crippen LogP contribution in [0.4, 0.5) is 0 Å². The second-order valence-corrected chi connectivity index (χ2v) is 7.32. The highest BCUT2D eigenvalue weighted by atomic mass is 32.1. The van der Waals surface area contributed by atoms with Gasteiger partial charge in [0, 0.05) is 16.9 Å². The number of nitrogens with zero attached hydrogens (tertiary/aromatic N) is 1. The van der Waals surface area contributed by atoms with Gasteiger partial charge in [-0.25, -0.2) is 0 Å².